The van der Waals surface area contributed by atoms with E-state index in [4.69, 9.17) is 23.2 Å². The van der Waals surface area contributed by atoms with Crippen molar-refractivity contribution >= 4 is 50.5 Å². The average molecular weight is 372 g/mol. The molecule has 5 heteroatoms. The zero-order chi connectivity index (χ0) is 14.1. The highest BCUT2D eigenvalue weighted by Crippen LogP contribution is 2.35. The molecule has 3 rings (SSSR count). The summed E-state index contributed by atoms with van der Waals surface area (Å²) in [5.41, 5.74) is 4.61. The van der Waals surface area contributed by atoms with E-state index >= 15 is 0 Å². The van der Waals surface area contributed by atoms with Gasteiger partial charge in [0.15, 0.2) is 0 Å². The van der Waals surface area contributed by atoms with E-state index in [9.17, 15) is 0 Å². The molecule has 1 heterocycles. The molecule has 0 spiro atoms. The highest BCUT2D eigenvalue weighted by molar-refractivity contribution is 9.10. The Balaban J connectivity index is 1.83. The molecule has 0 aliphatic carbocycles. The third kappa shape index (κ3) is 2.76. The van der Waals surface area contributed by atoms with Crippen molar-refractivity contribution in [2.75, 3.05) is 17.2 Å². The van der Waals surface area contributed by atoms with Gasteiger partial charge in [-0.15, -0.1) is 0 Å². The number of fused-ring (bicyclic) bond motifs is 1. The summed E-state index contributed by atoms with van der Waals surface area (Å²) in [6.07, 6.45) is 1.09. The number of benzene rings is 2. The van der Waals surface area contributed by atoms with Crippen molar-refractivity contribution in [2.24, 2.45) is 0 Å². The van der Waals surface area contributed by atoms with E-state index in [1.165, 1.54) is 16.8 Å². The van der Waals surface area contributed by atoms with Crippen LogP contribution >= 0.6 is 39.1 Å². The lowest BCUT2D eigenvalue weighted by atomic mass is 10.1. The molecule has 1 aliphatic rings. The third-order valence-electron chi connectivity index (χ3n) is 3.40. The summed E-state index contributed by atoms with van der Waals surface area (Å²) >= 11 is 15.8. The second kappa shape index (κ2) is 5.84. The minimum Gasteiger partial charge on any atom is -0.384 e. The number of hydrogen-bond acceptors (Lipinski definition) is 2. The van der Waals surface area contributed by atoms with Gasteiger partial charge in [0.1, 0.15) is 0 Å². The summed E-state index contributed by atoms with van der Waals surface area (Å²) in [7, 11) is 0. The average Bonchev–Trinajstić information content (AvgIpc) is 2.86. The van der Waals surface area contributed by atoms with Crippen LogP contribution < -0.4 is 10.6 Å². The molecule has 0 aromatic heterocycles. The fraction of sp³-hybridized carbons (Fsp3) is 0.200. The van der Waals surface area contributed by atoms with Crippen LogP contribution in [0.1, 0.15) is 11.1 Å². The Hall–Kier alpha value is -0.900. The maximum atomic E-state index is 6.23. The van der Waals surface area contributed by atoms with E-state index < -0.39 is 0 Å². The van der Waals surface area contributed by atoms with Gasteiger partial charge in [0.05, 0.1) is 15.7 Å². The fourth-order valence-corrected chi connectivity index (χ4v) is 3.80. The Morgan fingerprint density at radius 1 is 1.20 bits per heavy atom. The van der Waals surface area contributed by atoms with Crippen LogP contribution in [0.3, 0.4) is 0 Å². The van der Waals surface area contributed by atoms with Crippen molar-refractivity contribution in [3.63, 3.8) is 0 Å². The van der Waals surface area contributed by atoms with Crippen molar-refractivity contribution in [1.29, 1.82) is 0 Å². The number of halogens is 3. The lowest BCUT2D eigenvalue weighted by Crippen LogP contribution is -2.04. The SMILES string of the molecule is Clc1cc(Br)cc(Cl)c1NCc1cccc2c1NCC2. The number of rotatable bonds is 3. The van der Waals surface area contributed by atoms with Gasteiger partial charge in [-0.25, -0.2) is 0 Å². The molecule has 0 fully saturated rings. The minimum atomic E-state index is 0.616. The van der Waals surface area contributed by atoms with Gasteiger partial charge < -0.3 is 10.6 Å². The van der Waals surface area contributed by atoms with Gasteiger partial charge in [-0.05, 0) is 29.7 Å². The van der Waals surface area contributed by atoms with E-state index in [1.807, 2.05) is 12.1 Å². The number of nitrogens with one attached hydrogen (secondary N) is 2. The van der Waals surface area contributed by atoms with E-state index in [0.717, 1.165) is 23.1 Å². The van der Waals surface area contributed by atoms with Gasteiger partial charge in [-0.1, -0.05) is 57.3 Å². The van der Waals surface area contributed by atoms with E-state index in [2.05, 4.69) is 44.8 Å². The minimum absolute atomic E-state index is 0.616. The molecular formula is C15H13BrCl2N2. The van der Waals surface area contributed by atoms with E-state index in [0.29, 0.717) is 16.6 Å². The third-order valence-corrected chi connectivity index (χ3v) is 4.45. The van der Waals surface area contributed by atoms with Crippen molar-refractivity contribution in [2.45, 2.75) is 13.0 Å². The van der Waals surface area contributed by atoms with Crippen molar-refractivity contribution in [3.05, 3.63) is 56.0 Å². The molecule has 2 aromatic carbocycles. The first kappa shape index (κ1) is 14.1. The second-order valence-electron chi connectivity index (χ2n) is 4.73. The van der Waals surface area contributed by atoms with Crippen LogP contribution in [0.15, 0.2) is 34.8 Å². The monoisotopic (exact) mass is 370 g/mol. The van der Waals surface area contributed by atoms with Gasteiger partial charge >= 0.3 is 0 Å². The number of anilines is 2. The predicted molar refractivity (Wildman–Crippen MR) is 90.1 cm³/mol. The summed E-state index contributed by atoms with van der Waals surface area (Å²) in [5.74, 6) is 0. The largest absolute Gasteiger partial charge is 0.384 e. The molecule has 104 valence electrons. The lowest BCUT2D eigenvalue weighted by molar-refractivity contribution is 1.11. The van der Waals surface area contributed by atoms with Crippen LogP contribution in [0.4, 0.5) is 11.4 Å². The summed E-state index contributed by atoms with van der Waals surface area (Å²) in [5, 5.41) is 7.99. The van der Waals surface area contributed by atoms with E-state index in [-0.39, 0.29) is 0 Å². The molecule has 20 heavy (non-hydrogen) atoms. The van der Waals surface area contributed by atoms with E-state index in [1.54, 1.807) is 0 Å². The molecule has 0 unspecified atom stereocenters. The summed E-state index contributed by atoms with van der Waals surface area (Å²) in [6, 6.07) is 10.0. The maximum absolute atomic E-state index is 6.23. The normalized spacial score (nSPS) is 12.9. The Morgan fingerprint density at radius 2 is 1.95 bits per heavy atom. The lowest BCUT2D eigenvalue weighted by Gasteiger charge is -2.13. The van der Waals surface area contributed by atoms with Gasteiger partial charge in [0.25, 0.3) is 0 Å². The molecule has 0 radical (unpaired) electrons. The quantitative estimate of drug-likeness (QED) is 0.761. The Bertz CT molecular complexity index is 635. The molecule has 0 saturated carbocycles. The molecular weight excluding hydrogens is 359 g/mol. The Labute approximate surface area is 136 Å². The molecule has 1 aliphatic heterocycles. The van der Waals surface area contributed by atoms with Gasteiger partial charge in [0, 0.05) is 23.2 Å². The molecule has 0 amide bonds. The standard InChI is InChI=1S/C15H13BrCl2N2/c16-11-6-12(17)15(13(18)7-11)20-8-10-3-1-2-9-4-5-19-14(9)10/h1-3,6-7,19-20H,4-5,8H2. The molecule has 2 nitrogen and oxygen atoms in total. The zero-order valence-electron chi connectivity index (χ0n) is 10.6. The van der Waals surface area contributed by atoms with Crippen LogP contribution in [-0.2, 0) is 13.0 Å². The Morgan fingerprint density at radius 3 is 2.70 bits per heavy atom. The van der Waals surface area contributed by atoms with Gasteiger partial charge in [-0.2, -0.15) is 0 Å². The molecule has 2 N–H and O–H groups in total. The zero-order valence-corrected chi connectivity index (χ0v) is 13.7. The first-order valence-corrected chi connectivity index (χ1v) is 7.93. The topological polar surface area (TPSA) is 24.1 Å². The van der Waals surface area contributed by atoms with Crippen molar-refractivity contribution in [1.82, 2.24) is 0 Å². The van der Waals surface area contributed by atoms with Crippen molar-refractivity contribution < 1.29 is 0 Å². The van der Waals surface area contributed by atoms with Gasteiger partial charge in [0.2, 0.25) is 0 Å². The van der Waals surface area contributed by atoms with Gasteiger partial charge in [-0.3, -0.25) is 0 Å². The van der Waals surface area contributed by atoms with Crippen LogP contribution in [0.25, 0.3) is 0 Å². The predicted octanol–water partition coefficient (Wildman–Crippen LogP) is 5.34. The van der Waals surface area contributed by atoms with Crippen LogP contribution in [0.2, 0.25) is 10.0 Å². The number of para-hydroxylation sites is 1. The van der Waals surface area contributed by atoms with Crippen LogP contribution in [0, 0.1) is 0 Å². The Kier molecular flexibility index (Phi) is 4.11. The summed E-state index contributed by atoms with van der Waals surface area (Å²) in [6.45, 7) is 1.70. The first-order chi connectivity index (χ1) is 9.65. The number of hydrogen-bond donors (Lipinski definition) is 2. The van der Waals surface area contributed by atoms with Crippen LogP contribution in [0.5, 0.6) is 0 Å². The summed E-state index contributed by atoms with van der Waals surface area (Å²) in [4.78, 5) is 0. The highest BCUT2D eigenvalue weighted by Gasteiger charge is 2.14. The molecule has 0 atom stereocenters. The molecule has 2 aromatic rings. The summed E-state index contributed by atoms with van der Waals surface area (Å²) < 4.78 is 0.875. The highest BCUT2D eigenvalue weighted by atomic mass is 79.9. The fourth-order valence-electron chi connectivity index (χ4n) is 2.45. The first-order valence-electron chi connectivity index (χ1n) is 6.38. The van der Waals surface area contributed by atoms with Crippen LogP contribution in [-0.4, -0.2) is 6.54 Å². The maximum Gasteiger partial charge on any atom is 0.0722 e. The molecule has 0 saturated heterocycles. The smallest absolute Gasteiger partial charge is 0.0722 e. The second-order valence-corrected chi connectivity index (χ2v) is 6.46. The molecule has 0 bridgehead atoms. The van der Waals surface area contributed by atoms with Crippen molar-refractivity contribution in [3.8, 4) is 0 Å².